The molecule has 0 aliphatic rings. The molecule has 1 aromatic heterocycles. The third-order valence-electron chi connectivity index (χ3n) is 3.12. The molecule has 2 N–H and O–H groups in total. The average molecular weight is 373 g/mol. The molecule has 0 aliphatic heterocycles. The van der Waals surface area contributed by atoms with Crippen molar-refractivity contribution in [3.8, 4) is 0 Å². The monoisotopic (exact) mass is 372 g/mol. The predicted molar refractivity (Wildman–Crippen MR) is 88.9 cm³/mol. The van der Waals surface area contributed by atoms with Crippen molar-refractivity contribution in [1.29, 1.82) is 0 Å². The third kappa shape index (κ3) is 5.32. The van der Waals surface area contributed by atoms with E-state index < -0.39 is 17.6 Å². The fraction of sp³-hybridized carbons (Fsp3) is 0.312. The largest absolute Gasteiger partial charge is 0.418 e. The second-order valence-electron chi connectivity index (χ2n) is 5.71. The molecule has 134 valence electrons. The van der Waals surface area contributed by atoms with E-state index in [9.17, 15) is 18.0 Å². The molecule has 25 heavy (non-hydrogen) atoms. The molecule has 0 fully saturated rings. The summed E-state index contributed by atoms with van der Waals surface area (Å²) in [5, 5.41) is 5.20. The number of carbonyl (C=O) groups is 1. The summed E-state index contributed by atoms with van der Waals surface area (Å²) in [6, 6.07) is 4.63. The first kappa shape index (κ1) is 19.0. The molecule has 5 nitrogen and oxygen atoms in total. The Kier molecular flexibility index (Phi) is 5.84. The van der Waals surface area contributed by atoms with E-state index in [-0.39, 0.29) is 28.1 Å². The fourth-order valence-electron chi connectivity index (χ4n) is 1.94. The van der Waals surface area contributed by atoms with Crippen molar-refractivity contribution in [3.05, 3.63) is 46.9 Å². The van der Waals surface area contributed by atoms with Gasteiger partial charge >= 0.3 is 6.18 Å². The minimum Gasteiger partial charge on any atom is -0.350 e. The SMILES string of the molecule is CC(C)CNC(=O)c1cc(Nc2ccc(Cl)cc2C(F)(F)F)ncn1. The van der Waals surface area contributed by atoms with E-state index in [1.807, 2.05) is 13.8 Å². The second kappa shape index (κ2) is 7.69. The number of nitrogens with one attached hydrogen (secondary N) is 2. The van der Waals surface area contributed by atoms with Gasteiger partial charge in [0.25, 0.3) is 5.91 Å². The summed E-state index contributed by atoms with van der Waals surface area (Å²) in [4.78, 5) is 19.7. The first-order chi connectivity index (χ1) is 11.7. The van der Waals surface area contributed by atoms with E-state index in [0.717, 1.165) is 12.4 Å². The molecule has 0 saturated heterocycles. The lowest BCUT2D eigenvalue weighted by Gasteiger charge is -2.14. The molecule has 0 spiro atoms. The van der Waals surface area contributed by atoms with Crippen LogP contribution >= 0.6 is 11.6 Å². The van der Waals surface area contributed by atoms with Crippen molar-refractivity contribution in [3.63, 3.8) is 0 Å². The van der Waals surface area contributed by atoms with Gasteiger partial charge in [-0.2, -0.15) is 13.2 Å². The number of amides is 1. The van der Waals surface area contributed by atoms with Gasteiger partial charge in [0.1, 0.15) is 17.8 Å². The first-order valence-electron chi connectivity index (χ1n) is 7.41. The predicted octanol–water partition coefficient (Wildman–Crippen LogP) is 4.28. The van der Waals surface area contributed by atoms with Crippen LogP contribution < -0.4 is 10.6 Å². The molecule has 0 aliphatic carbocycles. The van der Waals surface area contributed by atoms with E-state index >= 15 is 0 Å². The van der Waals surface area contributed by atoms with E-state index in [1.165, 1.54) is 18.2 Å². The van der Waals surface area contributed by atoms with Crippen molar-refractivity contribution in [2.24, 2.45) is 5.92 Å². The van der Waals surface area contributed by atoms with Crippen molar-refractivity contribution in [2.75, 3.05) is 11.9 Å². The summed E-state index contributed by atoms with van der Waals surface area (Å²) in [5.41, 5.74) is -1.09. The molecule has 2 rings (SSSR count). The summed E-state index contributed by atoms with van der Waals surface area (Å²) in [6.45, 7) is 4.33. The molecule has 0 radical (unpaired) electrons. The van der Waals surface area contributed by atoms with Crippen molar-refractivity contribution in [2.45, 2.75) is 20.0 Å². The van der Waals surface area contributed by atoms with E-state index in [2.05, 4.69) is 20.6 Å². The van der Waals surface area contributed by atoms with E-state index in [0.29, 0.717) is 6.54 Å². The minimum atomic E-state index is -4.59. The van der Waals surface area contributed by atoms with Gasteiger partial charge in [-0.15, -0.1) is 0 Å². The highest BCUT2D eigenvalue weighted by Crippen LogP contribution is 2.37. The van der Waals surface area contributed by atoms with Gasteiger partial charge in [-0.3, -0.25) is 4.79 Å². The number of anilines is 2. The van der Waals surface area contributed by atoms with Gasteiger partial charge in [0.2, 0.25) is 0 Å². The Labute approximate surface area is 147 Å². The Morgan fingerprint density at radius 3 is 2.60 bits per heavy atom. The number of halogens is 4. The summed E-state index contributed by atoms with van der Waals surface area (Å²) in [5.74, 6) is -0.101. The molecule has 0 saturated carbocycles. The topological polar surface area (TPSA) is 66.9 Å². The molecule has 1 amide bonds. The van der Waals surface area contributed by atoms with Crippen LogP contribution in [0.5, 0.6) is 0 Å². The number of carbonyl (C=O) groups excluding carboxylic acids is 1. The van der Waals surface area contributed by atoms with Crippen LogP contribution in [0.1, 0.15) is 29.9 Å². The van der Waals surface area contributed by atoms with Gasteiger partial charge < -0.3 is 10.6 Å². The van der Waals surface area contributed by atoms with Crippen molar-refractivity contribution < 1.29 is 18.0 Å². The molecular weight excluding hydrogens is 357 g/mol. The maximum absolute atomic E-state index is 13.1. The minimum absolute atomic E-state index is 0.0330. The van der Waals surface area contributed by atoms with Crippen LogP contribution in [0.15, 0.2) is 30.6 Å². The Hall–Kier alpha value is -2.35. The van der Waals surface area contributed by atoms with Gasteiger partial charge in [0, 0.05) is 17.6 Å². The van der Waals surface area contributed by atoms with Crippen LogP contribution in [0.25, 0.3) is 0 Å². The van der Waals surface area contributed by atoms with Gasteiger partial charge in [0.15, 0.2) is 0 Å². The Morgan fingerprint density at radius 2 is 1.96 bits per heavy atom. The molecule has 2 aromatic rings. The molecule has 1 heterocycles. The van der Waals surface area contributed by atoms with Crippen LogP contribution in [-0.2, 0) is 6.18 Å². The number of benzene rings is 1. The Balaban J connectivity index is 2.25. The summed E-state index contributed by atoms with van der Waals surface area (Å²) < 4.78 is 39.4. The van der Waals surface area contributed by atoms with E-state index in [1.54, 1.807) is 0 Å². The average Bonchev–Trinajstić information content (AvgIpc) is 2.53. The number of hydrogen-bond donors (Lipinski definition) is 2. The third-order valence-corrected chi connectivity index (χ3v) is 3.36. The van der Waals surface area contributed by atoms with E-state index in [4.69, 9.17) is 11.6 Å². The highest BCUT2D eigenvalue weighted by molar-refractivity contribution is 6.30. The fourth-order valence-corrected chi connectivity index (χ4v) is 2.11. The van der Waals surface area contributed by atoms with Gasteiger partial charge in [-0.25, -0.2) is 9.97 Å². The molecule has 9 heteroatoms. The van der Waals surface area contributed by atoms with Crippen LogP contribution in [0.3, 0.4) is 0 Å². The lowest BCUT2D eigenvalue weighted by Crippen LogP contribution is -2.28. The quantitative estimate of drug-likeness (QED) is 0.822. The number of nitrogens with zero attached hydrogens (tertiary/aromatic N) is 2. The molecule has 0 atom stereocenters. The zero-order valence-corrected chi connectivity index (χ0v) is 14.2. The van der Waals surface area contributed by atoms with Gasteiger partial charge in [-0.05, 0) is 24.1 Å². The zero-order valence-electron chi connectivity index (χ0n) is 13.5. The van der Waals surface area contributed by atoms with Crippen LogP contribution in [0, 0.1) is 5.92 Å². The number of rotatable bonds is 5. The number of alkyl halides is 3. The molecule has 0 unspecified atom stereocenters. The molecule has 1 aromatic carbocycles. The first-order valence-corrected chi connectivity index (χ1v) is 7.78. The molecular formula is C16H16ClF3N4O. The maximum atomic E-state index is 13.1. The smallest absolute Gasteiger partial charge is 0.350 e. The van der Waals surface area contributed by atoms with Crippen LogP contribution in [0.4, 0.5) is 24.7 Å². The van der Waals surface area contributed by atoms with Gasteiger partial charge in [-0.1, -0.05) is 25.4 Å². The second-order valence-corrected chi connectivity index (χ2v) is 6.14. The Bertz CT molecular complexity index is 765. The summed E-state index contributed by atoms with van der Waals surface area (Å²) in [7, 11) is 0. The Morgan fingerprint density at radius 1 is 1.24 bits per heavy atom. The van der Waals surface area contributed by atoms with Gasteiger partial charge in [0.05, 0.1) is 11.3 Å². The molecule has 0 bridgehead atoms. The standard InChI is InChI=1S/C16H16ClF3N4O/c1-9(2)7-21-15(25)13-6-14(23-8-22-13)24-12-4-3-10(17)5-11(12)16(18,19)20/h3-6,8-9H,7H2,1-2H3,(H,21,25)(H,22,23,24). The zero-order chi connectivity index (χ0) is 18.6. The summed E-state index contributed by atoms with van der Waals surface area (Å²) >= 11 is 5.65. The maximum Gasteiger partial charge on any atom is 0.418 e. The van der Waals surface area contributed by atoms with Crippen molar-refractivity contribution >= 4 is 29.0 Å². The highest BCUT2D eigenvalue weighted by Gasteiger charge is 2.34. The van der Waals surface area contributed by atoms with Crippen LogP contribution in [-0.4, -0.2) is 22.4 Å². The normalized spacial score (nSPS) is 11.5. The van der Waals surface area contributed by atoms with Crippen LogP contribution in [0.2, 0.25) is 5.02 Å². The summed E-state index contributed by atoms with van der Waals surface area (Å²) in [6.07, 6.45) is -3.48. The lowest BCUT2D eigenvalue weighted by atomic mass is 10.1. The number of aromatic nitrogens is 2. The van der Waals surface area contributed by atoms with Crippen molar-refractivity contribution in [1.82, 2.24) is 15.3 Å². The number of hydrogen-bond acceptors (Lipinski definition) is 4. The highest BCUT2D eigenvalue weighted by atomic mass is 35.5. The lowest BCUT2D eigenvalue weighted by molar-refractivity contribution is -0.136.